The highest BCUT2D eigenvalue weighted by molar-refractivity contribution is 7.13. The highest BCUT2D eigenvalue weighted by atomic mass is 35.5. The second-order valence-electron chi connectivity index (χ2n) is 19.3. The Morgan fingerprint density at radius 3 is 2.24 bits per heavy atom. The molecule has 4 atom stereocenters. The van der Waals surface area contributed by atoms with Crippen LogP contribution in [-0.2, 0) is 19.1 Å². The lowest BCUT2D eigenvalue weighted by molar-refractivity contribution is -0.164. The molecule has 1 aliphatic carbocycles. The number of hydrogen-bond acceptors (Lipinski definition) is 11. The molecule has 4 N–H and O–H groups in total. The van der Waals surface area contributed by atoms with Gasteiger partial charge in [-0.2, -0.15) is 5.26 Å². The first kappa shape index (κ1) is 50.4. The number of carbonyl (C=O) groups is 4. The van der Waals surface area contributed by atoms with Gasteiger partial charge in [0, 0.05) is 41.5 Å². The van der Waals surface area contributed by atoms with Crippen molar-refractivity contribution in [2.75, 3.05) is 26.4 Å². The minimum atomic E-state index is -1.01. The Hall–Kier alpha value is -5.97. The first-order valence-electron chi connectivity index (χ1n) is 22.1. The Morgan fingerprint density at radius 1 is 0.970 bits per heavy atom. The van der Waals surface area contributed by atoms with Crippen LogP contribution in [0, 0.1) is 46.3 Å². The average molecular weight is 952 g/mol. The van der Waals surface area contributed by atoms with Gasteiger partial charge in [-0.05, 0) is 66.8 Å². The van der Waals surface area contributed by atoms with Crippen molar-refractivity contribution in [3.63, 3.8) is 0 Å². The number of nitrogens with zero attached hydrogens (tertiary/aromatic N) is 3. The molecule has 1 unspecified atom stereocenters. The Labute approximate surface area is 401 Å². The number of aliphatic hydroxyl groups excluding tert-OH is 1. The highest BCUT2D eigenvalue weighted by Crippen LogP contribution is 2.55. The number of halogens is 1. The molecule has 6 rings (SSSR count). The molecule has 0 spiro atoms. The van der Waals surface area contributed by atoms with Crippen molar-refractivity contribution in [3.05, 3.63) is 99.6 Å². The highest BCUT2D eigenvalue weighted by Gasteiger charge is 2.64. The van der Waals surface area contributed by atoms with Crippen LogP contribution in [0.4, 0.5) is 0 Å². The van der Waals surface area contributed by atoms with Gasteiger partial charge >= 0.3 is 0 Å². The first-order valence-corrected chi connectivity index (χ1v) is 23.4. The summed E-state index contributed by atoms with van der Waals surface area (Å²) in [5.74, 6) is 5.09. The lowest BCUT2D eigenvalue weighted by Crippen LogP contribution is -2.74. The second-order valence-corrected chi connectivity index (χ2v) is 20.6. The third-order valence-corrected chi connectivity index (χ3v) is 13.7. The van der Waals surface area contributed by atoms with Crippen LogP contribution in [-0.4, -0.2) is 95.3 Å². The summed E-state index contributed by atoms with van der Waals surface area (Å²) in [6.45, 7) is 17.0. The van der Waals surface area contributed by atoms with Gasteiger partial charge < -0.3 is 40.2 Å². The topological polar surface area (TPSA) is 192 Å². The first-order chi connectivity index (χ1) is 31.6. The smallest absolute Gasteiger partial charge is 0.251 e. The van der Waals surface area contributed by atoms with Gasteiger partial charge in [0.15, 0.2) is 0 Å². The molecule has 0 radical (unpaired) electrons. The molecule has 1 saturated carbocycles. The third kappa shape index (κ3) is 11.8. The van der Waals surface area contributed by atoms with Gasteiger partial charge in [-0.25, -0.2) is 4.98 Å². The number of thiazole rings is 1. The summed E-state index contributed by atoms with van der Waals surface area (Å²) >= 11 is 7.79. The van der Waals surface area contributed by atoms with E-state index in [0.29, 0.717) is 27.6 Å². The van der Waals surface area contributed by atoms with Crippen molar-refractivity contribution in [1.29, 1.82) is 5.26 Å². The molecule has 1 aliphatic heterocycles. The number of aliphatic hydroxyl groups is 1. The fourth-order valence-electron chi connectivity index (χ4n) is 9.15. The number of rotatable bonds is 15. The number of amides is 4. The molecule has 3 aromatic carbocycles. The standard InChI is InChI=1S/C51H59ClN6O8S/c1-30(32-12-14-33(15-13-32)42-31(2)54-29-67-42)55-45(62)40-24-36(59)27-58(40)46(63)43(49(3,4)5)56-41(60)28-64-22-10-11-23-65-37-19-16-34(17-20-37)44(61)57-47-50(6,7)48(51(47,8)9)66-38-21-18-35(26-53)39(52)25-38/h12-21,25,29-30,36,40,43,47-48,59H,22-24,27-28H2,1-9H3,(H,55,62)(H,56,60)(H,57,61)/t30-,36+,40-,43?,47-,48-/m0/s1. The number of likely N-dealkylation sites (tertiary alicyclic amines) is 1. The molecule has 2 aliphatic rings. The molecule has 4 aromatic rings. The minimum absolute atomic E-state index is 0.0344. The molecule has 4 amide bonds. The monoisotopic (exact) mass is 950 g/mol. The van der Waals surface area contributed by atoms with E-state index in [4.69, 9.17) is 25.8 Å². The Morgan fingerprint density at radius 2 is 1.63 bits per heavy atom. The molecule has 2 heterocycles. The van der Waals surface area contributed by atoms with Gasteiger partial charge in [-0.1, -0.05) is 96.2 Å². The van der Waals surface area contributed by atoms with Crippen LogP contribution in [0.1, 0.15) is 95.0 Å². The summed E-state index contributed by atoms with van der Waals surface area (Å²) < 4.78 is 17.6. The fourth-order valence-corrected chi connectivity index (χ4v) is 10.2. The van der Waals surface area contributed by atoms with Gasteiger partial charge in [-0.3, -0.25) is 19.2 Å². The summed E-state index contributed by atoms with van der Waals surface area (Å²) in [7, 11) is 0. The van der Waals surface area contributed by atoms with Gasteiger partial charge in [-0.15, -0.1) is 11.3 Å². The van der Waals surface area contributed by atoms with Crippen LogP contribution >= 0.6 is 22.9 Å². The Kier molecular flexibility index (Phi) is 15.7. The van der Waals surface area contributed by atoms with E-state index in [1.165, 1.54) is 4.90 Å². The molecule has 67 heavy (non-hydrogen) atoms. The lowest BCUT2D eigenvalue weighted by atomic mass is 9.49. The van der Waals surface area contributed by atoms with Crippen molar-refractivity contribution in [2.45, 2.75) is 105 Å². The van der Waals surface area contributed by atoms with Crippen LogP contribution in [0.25, 0.3) is 10.4 Å². The largest absolute Gasteiger partial charge is 0.489 e. The predicted molar refractivity (Wildman–Crippen MR) is 256 cm³/mol. The molecule has 0 bridgehead atoms. The van der Waals surface area contributed by atoms with Crippen LogP contribution in [0.3, 0.4) is 0 Å². The van der Waals surface area contributed by atoms with Gasteiger partial charge in [0.1, 0.15) is 55.6 Å². The van der Waals surface area contributed by atoms with E-state index in [-0.39, 0.29) is 56.9 Å². The third-order valence-electron chi connectivity index (χ3n) is 12.4. The molecule has 1 aromatic heterocycles. The molecule has 354 valence electrons. The normalized spacial score (nSPS) is 20.2. The number of aryl methyl sites for hydroxylation is 1. The Balaban J connectivity index is 0.931. The van der Waals surface area contributed by atoms with E-state index in [9.17, 15) is 29.5 Å². The summed E-state index contributed by atoms with van der Waals surface area (Å²) in [5, 5.41) is 29.1. The van der Waals surface area contributed by atoms with Crippen molar-refractivity contribution < 1.29 is 38.5 Å². The molecule has 1 saturated heterocycles. The SMILES string of the molecule is Cc1ncsc1-c1ccc([C@H](C)NC(=O)[C@@H]2C[C@@H](O)CN2C(=O)C(NC(=O)COCC#CCOc2ccc(C(=O)N[C@H]3C(C)(C)[C@H](Oc4ccc(C#N)c(Cl)c4)C3(C)C)cc2)C(C)(C)C)cc1. The van der Waals surface area contributed by atoms with Crippen LogP contribution in [0.5, 0.6) is 11.5 Å². The lowest BCUT2D eigenvalue weighted by Gasteiger charge is -2.63. The maximum absolute atomic E-state index is 14.0. The fraction of sp³-hybridized carbons (Fsp3) is 0.451. The van der Waals surface area contributed by atoms with E-state index >= 15 is 0 Å². The predicted octanol–water partition coefficient (Wildman–Crippen LogP) is 7.02. The minimum Gasteiger partial charge on any atom is -0.489 e. The number of nitrogens with one attached hydrogen (secondary N) is 3. The zero-order valence-electron chi connectivity index (χ0n) is 39.4. The summed E-state index contributed by atoms with van der Waals surface area (Å²) in [6.07, 6.45) is -1.06. The molecular formula is C51H59ClN6O8S. The van der Waals surface area contributed by atoms with Crippen molar-refractivity contribution in [1.82, 2.24) is 25.8 Å². The van der Waals surface area contributed by atoms with Crippen molar-refractivity contribution in [2.24, 2.45) is 16.2 Å². The maximum Gasteiger partial charge on any atom is 0.251 e. The van der Waals surface area contributed by atoms with E-state index in [1.54, 1.807) is 53.8 Å². The summed E-state index contributed by atoms with van der Waals surface area (Å²) in [5.41, 5.74) is 3.96. The van der Waals surface area contributed by atoms with E-state index in [2.05, 4.69) is 32.8 Å². The van der Waals surface area contributed by atoms with Crippen molar-refractivity contribution >= 4 is 46.6 Å². The number of ether oxygens (including phenoxy) is 3. The summed E-state index contributed by atoms with van der Waals surface area (Å²) in [6, 6.07) is 19.1. The van der Waals surface area contributed by atoms with Crippen LogP contribution < -0.4 is 25.4 Å². The zero-order chi connectivity index (χ0) is 48.8. The second kappa shape index (κ2) is 20.9. The number of benzene rings is 3. The van der Waals surface area contributed by atoms with Crippen molar-refractivity contribution in [3.8, 4) is 39.8 Å². The van der Waals surface area contributed by atoms with E-state index in [0.717, 1.165) is 21.7 Å². The van der Waals surface area contributed by atoms with Gasteiger partial charge in [0.05, 0.1) is 38.8 Å². The molecule has 16 heteroatoms. The van der Waals surface area contributed by atoms with Crippen LogP contribution in [0.2, 0.25) is 5.02 Å². The molecule has 14 nitrogen and oxygen atoms in total. The maximum atomic E-state index is 14.0. The van der Waals surface area contributed by atoms with Crippen LogP contribution in [0.15, 0.2) is 72.2 Å². The molecule has 2 fully saturated rings. The quantitative estimate of drug-likeness (QED) is 0.0711. The number of aromatic nitrogens is 1. The van der Waals surface area contributed by atoms with Gasteiger partial charge in [0.25, 0.3) is 5.91 Å². The zero-order valence-corrected chi connectivity index (χ0v) is 40.9. The summed E-state index contributed by atoms with van der Waals surface area (Å²) in [4.78, 5) is 60.8. The number of hydrogen-bond donors (Lipinski definition) is 4. The number of β-amino-alcohol motifs (C(OH)–C–C–N with tert-alkyl or cyclic N) is 1. The number of carbonyl (C=O) groups excluding carboxylic acids is 4. The van der Waals surface area contributed by atoms with E-state index in [1.807, 2.05) is 98.2 Å². The Bertz CT molecular complexity index is 2540. The van der Waals surface area contributed by atoms with Gasteiger partial charge in [0.2, 0.25) is 17.7 Å². The van der Waals surface area contributed by atoms with E-state index < -0.39 is 52.2 Å². The number of nitriles is 1. The molecular weight excluding hydrogens is 892 g/mol. The average Bonchev–Trinajstić information content (AvgIpc) is 3.90.